The van der Waals surface area contributed by atoms with Crippen LogP contribution in [0.15, 0.2) is 46.9 Å². The molecule has 0 bridgehead atoms. The van der Waals surface area contributed by atoms with Crippen LogP contribution >= 0.6 is 11.8 Å². The largest absolute Gasteiger partial charge is 0.475 e. The first-order valence-electron chi connectivity index (χ1n) is 7.85. The van der Waals surface area contributed by atoms with Crippen LogP contribution in [-0.4, -0.2) is 17.0 Å². The maximum atomic E-state index is 9.95. The molecule has 0 saturated carbocycles. The molecule has 5 heteroatoms. The standard InChI is InChI=1S/C17H24N2O2S/c1-3-5-6-10-13-15(16(19-18)17(20)21-4-2)22-14-11-8-7-9-12-14/h7-9,11-12,15H,3-6,10,13H2,1-2H3/p+1/b17-16-. The molecule has 0 aromatic heterocycles. The minimum atomic E-state index is -0.283. The van der Waals surface area contributed by atoms with E-state index in [1.165, 1.54) is 12.8 Å². The zero-order valence-electron chi connectivity index (χ0n) is 13.4. The minimum absolute atomic E-state index is 0.129. The Morgan fingerprint density at radius 2 is 1.95 bits per heavy atom. The van der Waals surface area contributed by atoms with Gasteiger partial charge in [0.05, 0.1) is 6.61 Å². The van der Waals surface area contributed by atoms with E-state index in [4.69, 9.17) is 4.74 Å². The average Bonchev–Trinajstić information content (AvgIpc) is 2.53. The third-order valence-electron chi connectivity index (χ3n) is 3.25. The molecule has 22 heavy (non-hydrogen) atoms. The lowest BCUT2D eigenvalue weighted by atomic mass is 10.1. The van der Waals surface area contributed by atoms with Gasteiger partial charge in [-0.3, -0.25) is 0 Å². The fraction of sp³-hybridized carbons (Fsp3) is 0.529. The second-order valence-corrected chi connectivity index (χ2v) is 6.27. The van der Waals surface area contributed by atoms with Gasteiger partial charge in [0.2, 0.25) is 5.39 Å². The third-order valence-corrected chi connectivity index (χ3v) is 4.54. The quantitative estimate of drug-likeness (QED) is 0.258. The molecule has 0 fully saturated rings. The van der Waals surface area contributed by atoms with Gasteiger partial charge in [0.1, 0.15) is 5.25 Å². The molecule has 0 aliphatic heterocycles. The number of thioether (sulfide) groups is 1. The number of hydrogen-bond acceptors (Lipinski definition) is 4. The fourth-order valence-electron chi connectivity index (χ4n) is 2.13. The van der Waals surface area contributed by atoms with E-state index in [1.807, 2.05) is 30.3 Å². The van der Waals surface area contributed by atoms with Crippen molar-refractivity contribution in [2.45, 2.75) is 56.1 Å². The smallest absolute Gasteiger partial charge is 0.453 e. The number of unbranched alkanes of at least 4 members (excludes halogenated alkanes) is 3. The number of diazo groups is 1. The van der Waals surface area contributed by atoms with E-state index in [0.717, 1.165) is 24.2 Å². The lowest BCUT2D eigenvalue weighted by Crippen LogP contribution is -2.09. The SMILES string of the molecule is CCCCCCC(Sc1ccccc1)/C([N+]#N)=C(\O)OCC. The van der Waals surface area contributed by atoms with Crippen LogP contribution < -0.4 is 0 Å². The maximum absolute atomic E-state index is 9.95. The van der Waals surface area contributed by atoms with Crippen molar-refractivity contribution in [2.24, 2.45) is 0 Å². The van der Waals surface area contributed by atoms with Gasteiger partial charge in [-0.2, -0.15) is 0 Å². The molecule has 0 spiro atoms. The molecule has 0 radical (unpaired) electrons. The van der Waals surface area contributed by atoms with Crippen molar-refractivity contribution >= 4 is 11.8 Å². The predicted molar refractivity (Wildman–Crippen MR) is 91.2 cm³/mol. The first-order valence-corrected chi connectivity index (χ1v) is 8.73. The van der Waals surface area contributed by atoms with Crippen LogP contribution in [0.3, 0.4) is 0 Å². The Kier molecular flexibility index (Phi) is 9.17. The zero-order chi connectivity index (χ0) is 16.2. The normalized spacial score (nSPS) is 13.1. The van der Waals surface area contributed by atoms with Gasteiger partial charge < -0.3 is 9.84 Å². The van der Waals surface area contributed by atoms with Crippen molar-refractivity contribution in [3.8, 4) is 0 Å². The summed E-state index contributed by atoms with van der Waals surface area (Å²) >= 11 is 1.58. The topological polar surface area (TPSA) is 57.6 Å². The highest BCUT2D eigenvalue weighted by atomic mass is 32.2. The molecule has 0 aliphatic carbocycles. The van der Waals surface area contributed by atoms with Gasteiger partial charge in [0, 0.05) is 4.90 Å². The lowest BCUT2D eigenvalue weighted by molar-refractivity contribution is 0.0980. The predicted octanol–water partition coefficient (Wildman–Crippen LogP) is 5.73. The molecule has 1 rings (SSSR count). The molecule has 0 aliphatic rings. The number of ether oxygens (including phenoxy) is 1. The van der Waals surface area contributed by atoms with Gasteiger partial charge >= 0.3 is 11.6 Å². The Hall–Kier alpha value is -1.67. The molecule has 1 unspecified atom stereocenters. The summed E-state index contributed by atoms with van der Waals surface area (Å²) in [5.41, 5.74) is 0.215. The summed E-state index contributed by atoms with van der Waals surface area (Å²) in [5.74, 6) is -0.283. The van der Waals surface area contributed by atoms with Gasteiger partial charge in [0.15, 0.2) is 4.98 Å². The number of rotatable bonds is 10. The van der Waals surface area contributed by atoms with Crippen LogP contribution in [0.25, 0.3) is 4.98 Å². The number of hydrogen-bond donors (Lipinski definition) is 1. The highest BCUT2D eigenvalue weighted by molar-refractivity contribution is 8.00. The molecule has 1 atom stereocenters. The van der Waals surface area contributed by atoms with Gasteiger partial charge in [-0.1, -0.05) is 50.8 Å². The van der Waals surface area contributed by atoms with E-state index >= 15 is 0 Å². The average molecular weight is 321 g/mol. The highest BCUT2D eigenvalue weighted by Gasteiger charge is 2.33. The Morgan fingerprint density at radius 3 is 2.55 bits per heavy atom. The van der Waals surface area contributed by atoms with E-state index < -0.39 is 0 Å². The summed E-state index contributed by atoms with van der Waals surface area (Å²) in [4.78, 5) is 4.36. The Balaban J connectivity index is 2.84. The first kappa shape index (κ1) is 18.4. The van der Waals surface area contributed by atoms with Crippen molar-refractivity contribution in [3.05, 3.63) is 47.0 Å². The molecule has 1 aromatic carbocycles. The fourth-order valence-corrected chi connectivity index (χ4v) is 3.31. The Morgan fingerprint density at radius 1 is 1.23 bits per heavy atom. The van der Waals surface area contributed by atoms with E-state index in [0.29, 0.717) is 6.61 Å². The second-order valence-electron chi connectivity index (χ2n) is 4.99. The maximum Gasteiger partial charge on any atom is 0.453 e. The van der Waals surface area contributed by atoms with Gasteiger partial charge in [-0.05, 0) is 25.5 Å². The van der Waals surface area contributed by atoms with E-state index in [2.05, 4.69) is 11.9 Å². The van der Waals surface area contributed by atoms with E-state index in [-0.39, 0.29) is 16.9 Å². The van der Waals surface area contributed by atoms with Crippen LogP contribution in [0.2, 0.25) is 0 Å². The van der Waals surface area contributed by atoms with Crippen molar-refractivity contribution in [1.82, 2.24) is 0 Å². The van der Waals surface area contributed by atoms with Crippen LogP contribution in [0, 0.1) is 5.39 Å². The lowest BCUT2D eigenvalue weighted by Gasteiger charge is -2.11. The molecule has 1 aromatic rings. The highest BCUT2D eigenvalue weighted by Crippen LogP contribution is 2.33. The van der Waals surface area contributed by atoms with Gasteiger partial charge in [-0.25, -0.2) is 0 Å². The molecule has 0 amide bonds. The summed E-state index contributed by atoms with van der Waals surface area (Å²) in [7, 11) is 0. The Labute approximate surface area is 137 Å². The van der Waals surface area contributed by atoms with Crippen LogP contribution in [-0.2, 0) is 4.74 Å². The van der Waals surface area contributed by atoms with Crippen molar-refractivity contribution in [2.75, 3.05) is 6.61 Å². The molecule has 4 nitrogen and oxygen atoms in total. The second kappa shape index (κ2) is 11.0. The minimum Gasteiger partial charge on any atom is -0.475 e. The summed E-state index contributed by atoms with van der Waals surface area (Å²) in [5, 5.41) is 19.1. The van der Waals surface area contributed by atoms with Crippen LogP contribution in [0.5, 0.6) is 0 Å². The molecule has 120 valence electrons. The third kappa shape index (κ3) is 6.40. The van der Waals surface area contributed by atoms with Gasteiger partial charge in [0.25, 0.3) is 0 Å². The number of nitrogens with zero attached hydrogens (tertiary/aromatic N) is 2. The van der Waals surface area contributed by atoms with Gasteiger partial charge in [-0.15, -0.1) is 11.8 Å². The first-order chi connectivity index (χ1) is 10.7. The van der Waals surface area contributed by atoms with Crippen LogP contribution in [0.1, 0.15) is 46.0 Å². The van der Waals surface area contributed by atoms with Crippen LogP contribution in [0.4, 0.5) is 0 Å². The molecule has 0 heterocycles. The van der Waals surface area contributed by atoms with E-state index in [1.54, 1.807) is 18.7 Å². The summed E-state index contributed by atoms with van der Waals surface area (Å²) in [6.45, 7) is 4.29. The summed E-state index contributed by atoms with van der Waals surface area (Å²) < 4.78 is 5.11. The van der Waals surface area contributed by atoms with E-state index in [9.17, 15) is 10.5 Å². The zero-order valence-corrected chi connectivity index (χ0v) is 14.2. The monoisotopic (exact) mass is 321 g/mol. The number of benzene rings is 1. The van der Waals surface area contributed by atoms with Crippen molar-refractivity contribution in [1.29, 1.82) is 5.39 Å². The molecule has 0 saturated heterocycles. The number of aliphatic hydroxyl groups excluding tert-OH is 1. The molecule has 1 N–H and O–H groups in total. The van der Waals surface area contributed by atoms with Crippen molar-refractivity contribution < 1.29 is 9.84 Å². The molecular formula is C17H25N2O2S+. The summed E-state index contributed by atoms with van der Waals surface area (Å²) in [6, 6.07) is 9.93. The summed E-state index contributed by atoms with van der Waals surface area (Å²) in [6.07, 6.45) is 5.35. The van der Waals surface area contributed by atoms with Crippen molar-refractivity contribution in [3.63, 3.8) is 0 Å². The Bertz CT molecular complexity index is 497. The molecular weight excluding hydrogens is 296 g/mol. The number of aliphatic hydroxyl groups is 1.